The van der Waals surface area contributed by atoms with Crippen LogP contribution in [0, 0.1) is 5.82 Å². The zero-order valence-electron chi connectivity index (χ0n) is 9.04. The molecule has 1 aromatic carbocycles. The van der Waals surface area contributed by atoms with Crippen molar-refractivity contribution in [3.8, 4) is 0 Å². The van der Waals surface area contributed by atoms with Crippen LogP contribution in [-0.4, -0.2) is 17.0 Å². The van der Waals surface area contributed by atoms with Crippen LogP contribution in [0.1, 0.15) is 0 Å². The van der Waals surface area contributed by atoms with Crippen LogP contribution in [0.5, 0.6) is 0 Å². The van der Waals surface area contributed by atoms with E-state index >= 15 is 0 Å². The zero-order valence-corrected chi connectivity index (χ0v) is 9.79. The first kappa shape index (κ1) is 11.6. The molecule has 0 fully saturated rings. The molecule has 1 heterocycles. The van der Waals surface area contributed by atoms with Gasteiger partial charge in [-0.3, -0.25) is 4.98 Å². The summed E-state index contributed by atoms with van der Waals surface area (Å²) in [5, 5.41) is 6.11. The highest BCUT2D eigenvalue weighted by Gasteiger charge is 2.01. The van der Waals surface area contributed by atoms with Crippen molar-refractivity contribution in [1.29, 1.82) is 0 Å². The first-order valence-corrected chi connectivity index (χ1v) is 5.28. The van der Waals surface area contributed by atoms with Gasteiger partial charge in [0.25, 0.3) is 0 Å². The number of halogens is 2. The third-order valence-corrected chi connectivity index (χ3v) is 2.24. The largest absolute Gasteiger partial charge is 0.372 e. The van der Waals surface area contributed by atoms with Gasteiger partial charge in [0.1, 0.15) is 11.6 Å². The molecule has 2 aromatic rings. The summed E-state index contributed by atoms with van der Waals surface area (Å²) in [4.78, 5) is 8.18. The number of nitrogens with zero attached hydrogens (tertiary/aromatic N) is 2. The molecule has 0 amide bonds. The Hall–Kier alpha value is -1.88. The number of nitrogens with one attached hydrogen (secondary N) is 2. The van der Waals surface area contributed by atoms with Crippen LogP contribution in [0.3, 0.4) is 0 Å². The summed E-state index contributed by atoms with van der Waals surface area (Å²) in [6.07, 6.45) is 3.13. The van der Waals surface area contributed by atoms with Crippen molar-refractivity contribution in [2.75, 3.05) is 17.7 Å². The molecular formula is C11H10ClFN4. The molecule has 0 unspecified atom stereocenters. The van der Waals surface area contributed by atoms with Crippen LogP contribution in [0.25, 0.3) is 0 Å². The van der Waals surface area contributed by atoms with Gasteiger partial charge in [-0.2, -0.15) is 0 Å². The second-order valence-electron chi connectivity index (χ2n) is 3.32. The van der Waals surface area contributed by atoms with E-state index in [9.17, 15) is 4.39 Å². The van der Waals surface area contributed by atoms with E-state index in [0.717, 1.165) is 0 Å². The van der Waals surface area contributed by atoms with E-state index in [4.69, 9.17) is 11.6 Å². The molecule has 2 N–H and O–H groups in total. The Morgan fingerprint density at radius 3 is 2.65 bits per heavy atom. The van der Waals surface area contributed by atoms with Crippen LogP contribution in [0.2, 0.25) is 5.02 Å². The Balaban J connectivity index is 2.24. The lowest BCUT2D eigenvalue weighted by atomic mass is 10.3. The summed E-state index contributed by atoms with van der Waals surface area (Å²) in [5.41, 5.74) is 0.526. The van der Waals surface area contributed by atoms with Crippen molar-refractivity contribution < 1.29 is 4.39 Å². The first-order valence-electron chi connectivity index (χ1n) is 4.90. The lowest BCUT2D eigenvalue weighted by Crippen LogP contribution is -1.99. The zero-order chi connectivity index (χ0) is 12.3. The molecule has 6 heteroatoms. The summed E-state index contributed by atoms with van der Waals surface area (Å²) in [5.74, 6) is 0.730. The fraction of sp³-hybridized carbons (Fsp3) is 0.0909. The lowest BCUT2D eigenvalue weighted by Gasteiger charge is -2.07. The van der Waals surface area contributed by atoms with Crippen LogP contribution in [-0.2, 0) is 0 Å². The Kier molecular flexibility index (Phi) is 3.39. The average Bonchev–Trinajstić information content (AvgIpc) is 2.28. The molecule has 0 aliphatic rings. The smallest absolute Gasteiger partial charge is 0.151 e. The molecule has 0 aliphatic heterocycles. The van der Waals surface area contributed by atoms with E-state index in [1.165, 1.54) is 12.1 Å². The van der Waals surface area contributed by atoms with Gasteiger partial charge in [0.2, 0.25) is 0 Å². The molecule has 0 aliphatic carbocycles. The van der Waals surface area contributed by atoms with Crippen molar-refractivity contribution in [3.63, 3.8) is 0 Å². The van der Waals surface area contributed by atoms with E-state index in [-0.39, 0.29) is 0 Å². The van der Waals surface area contributed by atoms with Crippen LogP contribution in [0.15, 0.2) is 30.6 Å². The van der Waals surface area contributed by atoms with Crippen LogP contribution in [0.4, 0.5) is 21.7 Å². The Morgan fingerprint density at radius 1 is 1.18 bits per heavy atom. The summed E-state index contributed by atoms with van der Waals surface area (Å²) >= 11 is 5.75. The highest BCUT2D eigenvalue weighted by Crippen LogP contribution is 2.21. The molecule has 0 spiro atoms. The minimum Gasteiger partial charge on any atom is -0.372 e. The maximum atomic E-state index is 13.1. The predicted molar refractivity (Wildman–Crippen MR) is 66.3 cm³/mol. The number of hydrogen-bond donors (Lipinski definition) is 2. The second-order valence-corrected chi connectivity index (χ2v) is 3.76. The number of aromatic nitrogens is 2. The Morgan fingerprint density at radius 2 is 1.94 bits per heavy atom. The molecule has 0 bridgehead atoms. The third kappa shape index (κ3) is 3.04. The topological polar surface area (TPSA) is 49.8 Å². The maximum absolute atomic E-state index is 13.1. The normalized spacial score (nSPS) is 10.1. The van der Waals surface area contributed by atoms with Gasteiger partial charge in [-0.1, -0.05) is 11.6 Å². The summed E-state index contributed by atoms with van der Waals surface area (Å²) in [7, 11) is 1.74. The summed E-state index contributed by atoms with van der Waals surface area (Å²) in [6.45, 7) is 0. The fourth-order valence-corrected chi connectivity index (χ4v) is 1.54. The van der Waals surface area contributed by atoms with Crippen LogP contribution >= 0.6 is 11.6 Å². The summed E-state index contributed by atoms with van der Waals surface area (Å²) in [6, 6.07) is 4.18. The fourth-order valence-electron chi connectivity index (χ4n) is 1.32. The number of anilines is 3. The Bertz CT molecular complexity index is 512. The molecule has 1 aromatic heterocycles. The van der Waals surface area contributed by atoms with Gasteiger partial charge < -0.3 is 10.6 Å². The van der Waals surface area contributed by atoms with Crippen molar-refractivity contribution in [1.82, 2.24) is 9.97 Å². The van der Waals surface area contributed by atoms with Gasteiger partial charge in [0.05, 0.1) is 12.4 Å². The maximum Gasteiger partial charge on any atom is 0.151 e. The van der Waals surface area contributed by atoms with Gasteiger partial charge in [0, 0.05) is 17.8 Å². The SMILES string of the molecule is CNc1cncc(Nc2cc(F)cc(Cl)c2)n1. The van der Waals surface area contributed by atoms with E-state index < -0.39 is 5.82 Å². The molecule has 0 radical (unpaired) electrons. The third-order valence-electron chi connectivity index (χ3n) is 2.03. The van der Waals surface area contributed by atoms with E-state index in [1.54, 1.807) is 25.5 Å². The molecule has 17 heavy (non-hydrogen) atoms. The minimum absolute atomic E-state index is 0.324. The summed E-state index contributed by atoms with van der Waals surface area (Å²) < 4.78 is 13.1. The minimum atomic E-state index is -0.405. The molecule has 2 rings (SSSR count). The van der Waals surface area contributed by atoms with Gasteiger partial charge in [-0.25, -0.2) is 9.37 Å². The molecule has 88 valence electrons. The standard InChI is InChI=1S/C11H10ClFN4/c1-14-10-5-15-6-11(17-10)16-9-3-7(12)2-8(13)4-9/h2-6H,1H3,(H2,14,16,17). The van der Waals surface area contributed by atoms with Crippen molar-refractivity contribution in [2.24, 2.45) is 0 Å². The molecular weight excluding hydrogens is 243 g/mol. The molecule has 4 nitrogen and oxygen atoms in total. The van der Waals surface area contributed by atoms with E-state index in [1.807, 2.05) is 0 Å². The van der Waals surface area contributed by atoms with Gasteiger partial charge in [-0.15, -0.1) is 0 Å². The quantitative estimate of drug-likeness (QED) is 0.882. The number of benzene rings is 1. The van der Waals surface area contributed by atoms with Gasteiger partial charge in [0.15, 0.2) is 5.82 Å². The van der Waals surface area contributed by atoms with Crippen molar-refractivity contribution in [3.05, 3.63) is 41.4 Å². The number of hydrogen-bond acceptors (Lipinski definition) is 4. The van der Waals surface area contributed by atoms with Crippen molar-refractivity contribution >= 4 is 28.9 Å². The van der Waals surface area contributed by atoms with E-state index in [0.29, 0.717) is 22.3 Å². The number of rotatable bonds is 3. The Labute approximate surface area is 103 Å². The first-order chi connectivity index (χ1) is 8.17. The van der Waals surface area contributed by atoms with Crippen molar-refractivity contribution in [2.45, 2.75) is 0 Å². The lowest BCUT2D eigenvalue weighted by molar-refractivity contribution is 0.628. The second kappa shape index (κ2) is 4.97. The average molecular weight is 253 g/mol. The molecule has 0 saturated heterocycles. The molecule has 0 atom stereocenters. The van der Waals surface area contributed by atoms with Gasteiger partial charge >= 0.3 is 0 Å². The van der Waals surface area contributed by atoms with Crippen LogP contribution < -0.4 is 10.6 Å². The predicted octanol–water partition coefficient (Wildman–Crippen LogP) is 3.05. The molecule has 0 saturated carbocycles. The highest BCUT2D eigenvalue weighted by molar-refractivity contribution is 6.30. The highest BCUT2D eigenvalue weighted by atomic mass is 35.5. The van der Waals surface area contributed by atoms with Gasteiger partial charge in [-0.05, 0) is 18.2 Å². The monoisotopic (exact) mass is 252 g/mol. The van der Waals surface area contributed by atoms with E-state index in [2.05, 4.69) is 20.6 Å².